The van der Waals surface area contributed by atoms with Crippen molar-refractivity contribution in [2.75, 3.05) is 19.7 Å². The van der Waals surface area contributed by atoms with Gasteiger partial charge in [-0.2, -0.15) is 4.98 Å². The van der Waals surface area contributed by atoms with E-state index in [1.54, 1.807) is 0 Å². The lowest BCUT2D eigenvalue weighted by Gasteiger charge is -2.10. The quantitative estimate of drug-likeness (QED) is 0.778. The number of halogens is 1. The fourth-order valence-electron chi connectivity index (χ4n) is 2.64. The molecule has 2 heterocycles. The molecule has 0 aliphatic carbocycles. The summed E-state index contributed by atoms with van der Waals surface area (Å²) in [5.41, 5.74) is 0.856. The van der Waals surface area contributed by atoms with Crippen LogP contribution in [0.15, 0.2) is 28.8 Å². The monoisotopic (exact) mass is 366 g/mol. The average molecular weight is 367 g/mol. The largest absolute Gasteiger partial charge is 0.494 e. The van der Waals surface area contributed by atoms with E-state index >= 15 is 0 Å². The molecule has 1 atom stereocenters. The molecule has 1 unspecified atom stereocenters. The van der Waals surface area contributed by atoms with Gasteiger partial charge in [-0.05, 0) is 44.2 Å². The lowest BCUT2D eigenvalue weighted by Crippen LogP contribution is -2.36. The van der Waals surface area contributed by atoms with Crippen LogP contribution in [0.3, 0.4) is 0 Å². The predicted octanol–water partition coefficient (Wildman–Crippen LogP) is 1.97. The second-order valence-corrected chi connectivity index (χ2v) is 5.73. The molecule has 1 saturated heterocycles. The molecule has 25 heavy (non-hydrogen) atoms. The van der Waals surface area contributed by atoms with Crippen LogP contribution in [0.4, 0.5) is 0 Å². The first-order chi connectivity index (χ1) is 11.7. The Morgan fingerprint density at radius 3 is 2.88 bits per heavy atom. The number of hydrogen-bond donors (Lipinski definition) is 2. The summed E-state index contributed by atoms with van der Waals surface area (Å²) >= 11 is 0. The van der Waals surface area contributed by atoms with E-state index in [0.717, 1.165) is 30.8 Å². The standard InChI is InChI=1S/C17H22N4O3.ClH/c1-2-23-14-5-3-12(4-6-14)17-20-16(24-21-17)8-7-15(22)19-13-9-10-18-11-13;/h3-6,13,18H,2,7-11H2,1H3,(H,19,22);1H. The molecule has 1 aromatic carbocycles. The van der Waals surface area contributed by atoms with E-state index in [1.165, 1.54) is 0 Å². The van der Waals surface area contributed by atoms with Crippen molar-refractivity contribution in [2.24, 2.45) is 0 Å². The number of ether oxygens (including phenoxy) is 1. The zero-order chi connectivity index (χ0) is 16.8. The lowest BCUT2D eigenvalue weighted by molar-refractivity contribution is -0.121. The maximum atomic E-state index is 11.9. The van der Waals surface area contributed by atoms with Gasteiger partial charge >= 0.3 is 0 Å². The first kappa shape index (κ1) is 19.2. The average Bonchev–Trinajstić information content (AvgIpc) is 3.26. The number of rotatable bonds is 7. The smallest absolute Gasteiger partial charge is 0.227 e. The Kier molecular flexibility index (Phi) is 7.21. The van der Waals surface area contributed by atoms with E-state index < -0.39 is 0 Å². The van der Waals surface area contributed by atoms with Crippen molar-refractivity contribution < 1.29 is 14.1 Å². The van der Waals surface area contributed by atoms with E-state index in [1.807, 2.05) is 31.2 Å². The van der Waals surface area contributed by atoms with Crippen molar-refractivity contribution in [3.63, 3.8) is 0 Å². The fourth-order valence-corrected chi connectivity index (χ4v) is 2.64. The summed E-state index contributed by atoms with van der Waals surface area (Å²) in [5.74, 6) is 1.82. The molecule has 136 valence electrons. The van der Waals surface area contributed by atoms with Crippen molar-refractivity contribution in [1.82, 2.24) is 20.8 Å². The summed E-state index contributed by atoms with van der Waals surface area (Å²) < 4.78 is 10.6. The van der Waals surface area contributed by atoms with Crippen LogP contribution in [-0.4, -0.2) is 41.8 Å². The van der Waals surface area contributed by atoms with Gasteiger partial charge < -0.3 is 19.9 Å². The van der Waals surface area contributed by atoms with Crippen LogP contribution in [0.5, 0.6) is 5.75 Å². The molecule has 7 nitrogen and oxygen atoms in total. The van der Waals surface area contributed by atoms with E-state index in [0.29, 0.717) is 31.2 Å². The number of nitrogens with zero attached hydrogens (tertiary/aromatic N) is 2. The SMILES string of the molecule is CCOc1ccc(-c2noc(CCC(=O)NC3CCNC3)n2)cc1.Cl. The molecule has 8 heteroatoms. The number of carbonyl (C=O) groups is 1. The number of amides is 1. The Morgan fingerprint density at radius 1 is 1.40 bits per heavy atom. The molecule has 2 aromatic rings. The molecule has 0 spiro atoms. The van der Waals surface area contributed by atoms with Crippen LogP contribution >= 0.6 is 12.4 Å². The minimum atomic E-state index is 0. The van der Waals surface area contributed by atoms with Crippen LogP contribution in [-0.2, 0) is 11.2 Å². The van der Waals surface area contributed by atoms with Crippen LogP contribution in [0.2, 0.25) is 0 Å². The number of aromatic nitrogens is 2. The molecule has 0 saturated carbocycles. The molecule has 0 bridgehead atoms. The highest BCUT2D eigenvalue weighted by Crippen LogP contribution is 2.20. The highest BCUT2D eigenvalue weighted by atomic mass is 35.5. The van der Waals surface area contributed by atoms with Crippen molar-refractivity contribution in [2.45, 2.75) is 32.2 Å². The molecular weight excluding hydrogens is 344 g/mol. The molecule has 1 amide bonds. The maximum absolute atomic E-state index is 11.9. The molecule has 2 N–H and O–H groups in total. The second kappa shape index (κ2) is 9.39. The summed E-state index contributed by atoms with van der Waals surface area (Å²) in [5, 5.41) is 10.2. The summed E-state index contributed by atoms with van der Waals surface area (Å²) in [4.78, 5) is 16.3. The number of benzene rings is 1. The Morgan fingerprint density at radius 2 is 2.20 bits per heavy atom. The summed E-state index contributed by atoms with van der Waals surface area (Å²) in [6.45, 7) is 4.37. The van der Waals surface area contributed by atoms with Gasteiger partial charge in [-0.3, -0.25) is 4.79 Å². The molecule has 3 rings (SSSR count). The summed E-state index contributed by atoms with van der Waals surface area (Å²) in [7, 11) is 0. The molecule has 1 aliphatic heterocycles. The van der Waals surface area contributed by atoms with Gasteiger partial charge in [-0.1, -0.05) is 5.16 Å². The minimum absolute atomic E-state index is 0. The first-order valence-corrected chi connectivity index (χ1v) is 8.30. The van der Waals surface area contributed by atoms with Gasteiger partial charge in [0, 0.05) is 31.0 Å². The zero-order valence-electron chi connectivity index (χ0n) is 14.2. The molecular formula is C17H23ClN4O3. The number of nitrogens with one attached hydrogen (secondary N) is 2. The first-order valence-electron chi connectivity index (χ1n) is 8.30. The van der Waals surface area contributed by atoms with Crippen molar-refractivity contribution in [3.05, 3.63) is 30.2 Å². The van der Waals surface area contributed by atoms with Crippen LogP contribution in [0.25, 0.3) is 11.4 Å². The van der Waals surface area contributed by atoms with Gasteiger partial charge in [-0.15, -0.1) is 12.4 Å². The van der Waals surface area contributed by atoms with Crippen LogP contribution < -0.4 is 15.4 Å². The Balaban J connectivity index is 0.00000225. The zero-order valence-corrected chi connectivity index (χ0v) is 15.0. The molecule has 0 radical (unpaired) electrons. The predicted molar refractivity (Wildman–Crippen MR) is 95.9 cm³/mol. The van der Waals surface area contributed by atoms with Gasteiger partial charge in [-0.25, -0.2) is 0 Å². The highest BCUT2D eigenvalue weighted by molar-refractivity contribution is 5.85. The number of carbonyl (C=O) groups excluding carboxylic acids is 1. The third-order valence-corrected chi connectivity index (χ3v) is 3.88. The van der Waals surface area contributed by atoms with Crippen LogP contribution in [0.1, 0.15) is 25.7 Å². The minimum Gasteiger partial charge on any atom is -0.494 e. The van der Waals surface area contributed by atoms with E-state index in [4.69, 9.17) is 9.26 Å². The third kappa shape index (κ3) is 5.44. The molecule has 1 fully saturated rings. The maximum Gasteiger partial charge on any atom is 0.227 e. The Hall–Kier alpha value is -2.12. The fraction of sp³-hybridized carbons (Fsp3) is 0.471. The van der Waals surface area contributed by atoms with E-state index in [-0.39, 0.29) is 24.4 Å². The number of hydrogen-bond acceptors (Lipinski definition) is 6. The number of aryl methyl sites for hydroxylation is 1. The van der Waals surface area contributed by atoms with Gasteiger partial charge in [0.1, 0.15) is 5.75 Å². The lowest BCUT2D eigenvalue weighted by atomic mass is 10.2. The van der Waals surface area contributed by atoms with Crippen molar-refractivity contribution in [1.29, 1.82) is 0 Å². The van der Waals surface area contributed by atoms with Crippen molar-refractivity contribution in [3.8, 4) is 17.1 Å². The van der Waals surface area contributed by atoms with Gasteiger partial charge in [0.25, 0.3) is 0 Å². The molecule has 1 aromatic heterocycles. The summed E-state index contributed by atoms with van der Waals surface area (Å²) in [6.07, 6.45) is 1.77. The van der Waals surface area contributed by atoms with Crippen LogP contribution in [0, 0.1) is 0 Å². The third-order valence-electron chi connectivity index (χ3n) is 3.88. The summed E-state index contributed by atoms with van der Waals surface area (Å²) in [6, 6.07) is 7.76. The van der Waals surface area contributed by atoms with Crippen molar-refractivity contribution >= 4 is 18.3 Å². The normalized spacial score (nSPS) is 16.3. The van der Waals surface area contributed by atoms with E-state index in [9.17, 15) is 4.79 Å². The van der Waals surface area contributed by atoms with Gasteiger partial charge in [0.05, 0.1) is 6.61 Å². The highest BCUT2D eigenvalue weighted by Gasteiger charge is 2.17. The topological polar surface area (TPSA) is 89.3 Å². The van der Waals surface area contributed by atoms with Gasteiger partial charge in [0.15, 0.2) is 0 Å². The second-order valence-electron chi connectivity index (χ2n) is 5.73. The Bertz CT molecular complexity index is 669. The van der Waals surface area contributed by atoms with Gasteiger partial charge in [0.2, 0.25) is 17.6 Å². The Labute approximate surface area is 152 Å². The van der Waals surface area contributed by atoms with E-state index in [2.05, 4.69) is 20.8 Å². The molecule has 1 aliphatic rings.